The number of hydrogen-bond donors (Lipinski definition) is 10. The summed E-state index contributed by atoms with van der Waals surface area (Å²) in [4.78, 5) is 3.60. The van der Waals surface area contributed by atoms with Crippen LogP contribution in [0.4, 0.5) is 0 Å². The Hall–Kier alpha value is -3.14. The van der Waals surface area contributed by atoms with Crippen LogP contribution in [0.2, 0.25) is 0 Å². The summed E-state index contributed by atoms with van der Waals surface area (Å²) < 4.78 is 125. The SMILES string of the molecule is CCNCC.CCNCC.CCNCC.CCNCC.O=S(=O)(O)c1cc(S(=O)(=O)O)c2cccnc2c1O.O=S(=O)(O)c1cc(S(=O)(=O)O)c2cccnc2c1O.[Cu].[H+].[H+].[H+].[H+]. The van der Waals surface area contributed by atoms with Crippen LogP contribution in [-0.4, -0.2) is 124 Å². The van der Waals surface area contributed by atoms with Crippen molar-refractivity contribution in [2.45, 2.75) is 75.0 Å². The number of nitrogens with one attached hydrogen (secondary N) is 4. The van der Waals surface area contributed by atoms with E-state index in [9.17, 15) is 43.9 Å². The summed E-state index contributed by atoms with van der Waals surface area (Å²) >= 11 is 0. The van der Waals surface area contributed by atoms with Gasteiger partial charge in [-0.25, -0.2) is 0 Å². The van der Waals surface area contributed by atoms with E-state index in [0.717, 1.165) is 52.4 Å². The average Bonchev–Trinajstić information content (AvgIpc) is 3.13. The molecule has 0 aliphatic carbocycles. The molecule has 0 amide bonds. The smallest absolute Gasteiger partial charge is 0.504 e. The summed E-state index contributed by atoms with van der Waals surface area (Å²) in [7, 11) is -19.3. The number of fused-ring (bicyclic) bond motifs is 2. The normalized spacial score (nSPS) is 11.1. The molecule has 25 heteroatoms. The Bertz CT molecular complexity index is 2130. The average molecular weight is 971 g/mol. The number of hydrogen-bond acceptors (Lipinski definition) is 16. The molecule has 0 atom stereocenters. The Balaban J connectivity index is -0.000000133. The second-order valence-electron chi connectivity index (χ2n) is 11.0. The van der Waals surface area contributed by atoms with Crippen LogP contribution in [0, 0.1) is 0 Å². The van der Waals surface area contributed by atoms with Crippen LogP contribution in [0.3, 0.4) is 0 Å². The number of phenols is 2. The molecule has 0 fully saturated rings. The minimum atomic E-state index is -4.87. The molecule has 0 saturated heterocycles. The molecule has 0 unspecified atom stereocenters. The van der Waals surface area contributed by atoms with Gasteiger partial charge >= 0.3 is 5.71 Å². The van der Waals surface area contributed by atoms with E-state index in [4.69, 9.17) is 18.2 Å². The summed E-state index contributed by atoms with van der Waals surface area (Å²) in [5.41, 5.74) is -0.740. The molecule has 0 aliphatic heterocycles. The summed E-state index contributed by atoms with van der Waals surface area (Å²) in [6.07, 6.45) is 2.37. The van der Waals surface area contributed by atoms with Crippen LogP contribution in [0.25, 0.3) is 21.8 Å². The van der Waals surface area contributed by atoms with Gasteiger partial charge in [0.25, 0.3) is 40.5 Å². The number of rotatable bonds is 12. The second-order valence-corrected chi connectivity index (χ2v) is 16.5. The molecular weight excluding hydrogens is 908 g/mol. The standard InChI is InChI=1S/2C9H7NO7S2.4C4H11N.Cu/c2*11-9-7(19(15,16)17)4-6(18(12,13)14)5-2-1-3-10-8(5)9;4*1-3-5-4-2;/h2*1-4,11H,(H,12,13,14)(H,15,16,17);4*5H,3-4H2,1-2H3;/p+4. The molecule has 1 radical (unpaired) electrons. The van der Waals surface area contributed by atoms with E-state index in [-0.39, 0.29) is 44.6 Å². The molecule has 2 aromatic carbocycles. The summed E-state index contributed by atoms with van der Waals surface area (Å²) in [6, 6.07) is 6.04. The summed E-state index contributed by atoms with van der Waals surface area (Å²) in [5, 5.41) is 31.5. The fourth-order valence-corrected chi connectivity index (χ4v) is 6.95. The molecule has 4 rings (SSSR count). The van der Waals surface area contributed by atoms with Crippen molar-refractivity contribution < 1.29 is 84.9 Å². The van der Waals surface area contributed by atoms with Crippen LogP contribution >= 0.6 is 0 Å². The van der Waals surface area contributed by atoms with E-state index in [2.05, 4.69) is 86.6 Å². The molecule has 2 heterocycles. The monoisotopic (exact) mass is 969 g/mol. The van der Waals surface area contributed by atoms with Crippen molar-refractivity contribution in [1.29, 1.82) is 0 Å². The first-order chi connectivity index (χ1) is 26.9. The van der Waals surface area contributed by atoms with Gasteiger partial charge in [0.2, 0.25) is 0 Å². The van der Waals surface area contributed by atoms with Gasteiger partial charge in [-0.15, -0.1) is 0 Å². The van der Waals surface area contributed by atoms with E-state index < -0.39 is 71.6 Å². The number of benzene rings is 2. The minimum Gasteiger partial charge on any atom is -0.504 e. The molecule has 4 aromatic rings. The van der Waals surface area contributed by atoms with E-state index in [1.165, 1.54) is 36.7 Å². The number of aromatic hydroxyl groups is 2. The third-order valence-electron chi connectivity index (χ3n) is 6.70. The zero-order valence-corrected chi connectivity index (χ0v) is 38.3. The van der Waals surface area contributed by atoms with E-state index in [1.807, 2.05) is 0 Å². The number of pyridine rings is 2. The Morgan fingerprint density at radius 3 is 0.847 bits per heavy atom. The van der Waals surface area contributed by atoms with Gasteiger partial charge in [0.05, 0.1) is 0 Å². The van der Waals surface area contributed by atoms with Crippen molar-refractivity contribution in [2.75, 3.05) is 52.4 Å². The van der Waals surface area contributed by atoms with Gasteiger partial charge in [-0.05, 0) is 88.8 Å². The van der Waals surface area contributed by atoms with Crippen molar-refractivity contribution in [3.63, 3.8) is 0 Å². The van der Waals surface area contributed by atoms with E-state index in [1.54, 1.807) is 0 Å². The third-order valence-corrected chi connectivity index (χ3v) is 10.2. The Morgan fingerprint density at radius 2 is 0.678 bits per heavy atom. The van der Waals surface area contributed by atoms with Crippen molar-refractivity contribution in [1.82, 2.24) is 31.2 Å². The molecule has 0 aliphatic rings. The Morgan fingerprint density at radius 1 is 0.458 bits per heavy atom. The summed E-state index contributed by atoms with van der Waals surface area (Å²) in [5.74, 6) is -1.80. The maximum atomic E-state index is 11.2. The molecule has 2 aromatic heterocycles. The number of aromatic nitrogens is 2. The van der Waals surface area contributed by atoms with Crippen LogP contribution < -0.4 is 21.3 Å². The maximum Gasteiger partial charge on any atom is 1.00 e. The quantitative estimate of drug-likeness (QED) is 0.0713. The fourth-order valence-electron chi connectivity index (χ4n) is 4.17. The van der Waals surface area contributed by atoms with Gasteiger partial charge in [-0.1, -0.05) is 55.4 Å². The maximum absolute atomic E-state index is 11.2. The van der Waals surface area contributed by atoms with Crippen molar-refractivity contribution in [2.24, 2.45) is 0 Å². The van der Waals surface area contributed by atoms with Gasteiger partial charge in [-0.3, -0.25) is 28.2 Å². The molecule has 20 nitrogen and oxygen atoms in total. The van der Waals surface area contributed by atoms with Gasteiger partial charge in [0.15, 0.2) is 11.5 Å². The van der Waals surface area contributed by atoms with Crippen molar-refractivity contribution in [3.05, 3.63) is 48.8 Å². The molecule has 0 saturated carbocycles. The van der Waals surface area contributed by atoms with Gasteiger partial charge in [0, 0.05) is 40.2 Å². The van der Waals surface area contributed by atoms with Crippen LogP contribution in [0.5, 0.6) is 11.5 Å². The van der Waals surface area contributed by atoms with Crippen LogP contribution in [0.15, 0.2) is 68.4 Å². The van der Waals surface area contributed by atoms with Crippen molar-refractivity contribution in [3.8, 4) is 11.5 Å². The molecule has 0 bridgehead atoms. The molecule has 10 N–H and O–H groups in total. The minimum absolute atomic E-state index is 0. The molecule has 0 spiro atoms. The first-order valence-corrected chi connectivity index (χ1v) is 23.6. The van der Waals surface area contributed by atoms with Gasteiger partial charge in [0.1, 0.15) is 30.6 Å². The van der Waals surface area contributed by atoms with Crippen LogP contribution in [0.1, 0.15) is 61.1 Å². The predicted molar refractivity (Wildman–Crippen MR) is 227 cm³/mol. The molecule has 343 valence electrons. The largest absolute Gasteiger partial charge is 1.00 e. The van der Waals surface area contributed by atoms with E-state index >= 15 is 0 Å². The third kappa shape index (κ3) is 22.3. The zero-order chi connectivity index (χ0) is 45.3. The molecular formula is C34H62CuN6O14S4+4. The first kappa shape index (κ1) is 60.2. The number of nitrogens with zero attached hydrogens (tertiary/aromatic N) is 2. The van der Waals surface area contributed by atoms with Crippen LogP contribution in [-0.2, 0) is 57.5 Å². The van der Waals surface area contributed by atoms with E-state index in [0.29, 0.717) is 12.1 Å². The topological polar surface area (TPSA) is 332 Å². The molecule has 59 heavy (non-hydrogen) atoms. The Labute approximate surface area is 364 Å². The fraction of sp³-hybridized carbons (Fsp3) is 0.471. The predicted octanol–water partition coefficient (Wildman–Crippen LogP) is 3.78. The Kier molecular flexibility index (Phi) is 30.6. The second kappa shape index (κ2) is 30.0. The summed E-state index contributed by atoms with van der Waals surface area (Å²) in [6.45, 7) is 25.6. The van der Waals surface area contributed by atoms with Crippen molar-refractivity contribution >= 4 is 62.3 Å². The van der Waals surface area contributed by atoms with Gasteiger partial charge < -0.3 is 31.5 Å². The first-order valence-electron chi connectivity index (χ1n) is 17.8. The number of phenolic OH excluding ortho intramolecular Hbond substituents is 2. The van der Waals surface area contributed by atoms with Gasteiger partial charge in [-0.2, -0.15) is 33.7 Å². The zero-order valence-electron chi connectivity index (χ0n) is 38.1.